The van der Waals surface area contributed by atoms with Crippen molar-refractivity contribution in [2.75, 3.05) is 12.3 Å². The molecule has 6 N–H and O–H groups in total. The van der Waals surface area contributed by atoms with E-state index < -0.39 is 36.1 Å². The van der Waals surface area contributed by atoms with Crippen molar-refractivity contribution >= 4 is 17.1 Å². The van der Waals surface area contributed by atoms with Crippen molar-refractivity contribution in [3.05, 3.63) is 16.7 Å². The average Bonchev–Trinajstić information content (AvgIpc) is 2.94. The van der Waals surface area contributed by atoms with Gasteiger partial charge < -0.3 is 30.4 Å². The fraction of sp³-hybridized carbons (Fsp3) is 0.583. The minimum Gasteiger partial charge on any atom is -0.394 e. The van der Waals surface area contributed by atoms with Crippen molar-refractivity contribution in [2.24, 2.45) is 0 Å². The summed E-state index contributed by atoms with van der Waals surface area (Å²) >= 11 is 0. The van der Waals surface area contributed by atoms with E-state index in [1.54, 1.807) is 6.92 Å². The van der Waals surface area contributed by atoms with Gasteiger partial charge in [0.05, 0.1) is 19.5 Å². The standard InChI is InChI=1S/C12H17N5O5/c1-12(8(20)7(19)5(2-18)22-12)3-17-4-14-6-9(17)15-11(13)16-10(6)21/h4-5,7-8,18-20H,2-3H2,1H3,(H3,13,15,16,21)/t5-,7?,8+,12+/m1/s1. The lowest BCUT2D eigenvalue weighted by atomic mass is 9.96. The summed E-state index contributed by atoms with van der Waals surface area (Å²) in [5.41, 5.74) is 4.26. The average molecular weight is 311 g/mol. The van der Waals surface area contributed by atoms with E-state index >= 15 is 0 Å². The molecule has 0 aromatic carbocycles. The maximum absolute atomic E-state index is 11.7. The molecule has 3 heterocycles. The van der Waals surface area contributed by atoms with Gasteiger partial charge in [-0.05, 0) is 6.92 Å². The van der Waals surface area contributed by atoms with Crippen LogP contribution in [0.2, 0.25) is 0 Å². The summed E-state index contributed by atoms with van der Waals surface area (Å²) in [5, 5.41) is 29.2. The highest BCUT2D eigenvalue weighted by Gasteiger charge is 2.51. The van der Waals surface area contributed by atoms with E-state index in [0.717, 1.165) is 0 Å². The summed E-state index contributed by atoms with van der Waals surface area (Å²) in [4.78, 5) is 22.1. The van der Waals surface area contributed by atoms with Crippen LogP contribution >= 0.6 is 0 Å². The van der Waals surface area contributed by atoms with Gasteiger partial charge in [0.15, 0.2) is 11.2 Å². The Bertz CT molecular complexity index is 758. The molecule has 1 fully saturated rings. The summed E-state index contributed by atoms with van der Waals surface area (Å²) in [6, 6.07) is 0. The molecular formula is C12H17N5O5. The minimum atomic E-state index is -1.21. The van der Waals surface area contributed by atoms with E-state index in [1.165, 1.54) is 10.9 Å². The Kier molecular flexibility index (Phi) is 3.40. The lowest BCUT2D eigenvalue weighted by molar-refractivity contribution is -0.0893. The molecule has 0 amide bonds. The first-order valence-corrected chi connectivity index (χ1v) is 6.71. The van der Waals surface area contributed by atoms with Crippen molar-refractivity contribution in [1.29, 1.82) is 0 Å². The maximum Gasteiger partial charge on any atom is 0.280 e. The molecule has 10 nitrogen and oxygen atoms in total. The third-order valence-electron chi connectivity index (χ3n) is 3.91. The molecule has 0 aliphatic carbocycles. The first kappa shape index (κ1) is 14.9. The highest BCUT2D eigenvalue weighted by molar-refractivity contribution is 5.70. The SMILES string of the molecule is C[C@@]1(Cn2cnc3c(=O)[nH]c(N)nc32)O[C@H](CO)C(O)[C@@H]1O. The number of aliphatic hydroxyl groups excluding tert-OH is 3. The summed E-state index contributed by atoms with van der Waals surface area (Å²) in [6.45, 7) is 1.26. The number of aliphatic hydroxyl groups is 3. The molecule has 0 bridgehead atoms. The second-order valence-electron chi connectivity index (χ2n) is 5.58. The van der Waals surface area contributed by atoms with Crippen molar-refractivity contribution in [3.8, 4) is 0 Å². The molecule has 120 valence electrons. The largest absolute Gasteiger partial charge is 0.394 e. The van der Waals surface area contributed by atoms with Crippen LogP contribution in [0.25, 0.3) is 11.2 Å². The van der Waals surface area contributed by atoms with Crippen LogP contribution in [-0.2, 0) is 11.3 Å². The smallest absolute Gasteiger partial charge is 0.280 e. The number of H-pyrrole nitrogens is 1. The van der Waals surface area contributed by atoms with Crippen LogP contribution < -0.4 is 11.3 Å². The number of aromatic nitrogens is 4. The molecule has 4 atom stereocenters. The Balaban J connectivity index is 1.98. The minimum absolute atomic E-state index is 0.0504. The molecule has 2 aromatic heterocycles. The molecule has 1 aliphatic rings. The topological polar surface area (TPSA) is 160 Å². The number of anilines is 1. The van der Waals surface area contributed by atoms with Gasteiger partial charge in [0, 0.05) is 0 Å². The Labute approximate surface area is 124 Å². The maximum atomic E-state index is 11.7. The molecule has 22 heavy (non-hydrogen) atoms. The number of nitrogen functional groups attached to an aromatic ring is 1. The Morgan fingerprint density at radius 2 is 2.27 bits per heavy atom. The Hall–Kier alpha value is -2.01. The molecule has 1 aliphatic heterocycles. The van der Waals surface area contributed by atoms with Crippen molar-refractivity contribution < 1.29 is 20.1 Å². The van der Waals surface area contributed by atoms with E-state index in [1.807, 2.05) is 0 Å². The zero-order chi connectivity index (χ0) is 16.1. The van der Waals surface area contributed by atoms with Crippen LogP contribution in [0.4, 0.5) is 5.95 Å². The number of hydrogen-bond donors (Lipinski definition) is 5. The fourth-order valence-corrected chi connectivity index (χ4v) is 2.75. The van der Waals surface area contributed by atoms with Crippen molar-refractivity contribution in [3.63, 3.8) is 0 Å². The lowest BCUT2D eigenvalue weighted by Gasteiger charge is -2.28. The zero-order valence-corrected chi connectivity index (χ0v) is 11.8. The number of ether oxygens (including phenoxy) is 1. The number of nitrogens with one attached hydrogen (secondary N) is 1. The van der Waals surface area contributed by atoms with Gasteiger partial charge in [-0.15, -0.1) is 0 Å². The summed E-state index contributed by atoms with van der Waals surface area (Å²) < 4.78 is 7.07. The van der Waals surface area contributed by atoms with Gasteiger partial charge in [0.1, 0.15) is 23.9 Å². The lowest BCUT2D eigenvalue weighted by Crippen LogP contribution is -2.43. The monoisotopic (exact) mass is 311 g/mol. The highest BCUT2D eigenvalue weighted by Crippen LogP contribution is 2.32. The van der Waals surface area contributed by atoms with E-state index in [0.29, 0.717) is 0 Å². The van der Waals surface area contributed by atoms with Gasteiger partial charge >= 0.3 is 0 Å². The van der Waals surface area contributed by atoms with E-state index in [4.69, 9.17) is 15.6 Å². The van der Waals surface area contributed by atoms with Crippen LogP contribution in [0.5, 0.6) is 0 Å². The highest BCUT2D eigenvalue weighted by atomic mass is 16.6. The van der Waals surface area contributed by atoms with E-state index in [-0.39, 0.29) is 23.7 Å². The van der Waals surface area contributed by atoms with Gasteiger partial charge in [-0.3, -0.25) is 9.78 Å². The summed E-state index contributed by atoms with van der Waals surface area (Å²) in [7, 11) is 0. The number of rotatable bonds is 3. The molecule has 10 heteroatoms. The number of aromatic amines is 1. The predicted molar refractivity (Wildman–Crippen MR) is 74.9 cm³/mol. The molecule has 3 rings (SSSR count). The number of imidazole rings is 1. The Morgan fingerprint density at radius 3 is 2.91 bits per heavy atom. The first-order valence-electron chi connectivity index (χ1n) is 6.71. The fourth-order valence-electron chi connectivity index (χ4n) is 2.75. The molecule has 0 radical (unpaired) electrons. The molecular weight excluding hydrogens is 294 g/mol. The normalized spacial score (nSPS) is 31.9. The number of nitrogens with two attached hydrogens (primary N) is 1. The first-order chi connectivity index (χ1) is 10.4. The van der Waals surface area contributed by atoms with Crippen LogP contribution in [0.3, 0.4) is 0 Å². The number of fused-ring (bicyclic) bond motifs is 1. The summed E-state index contributed by atoms with van der Waals surface area (Å²) in [6.07, 6.45) is -1.91. The summed E-state index contributed by atoms with van der Waals surface area (Å²) in [5.74, 6) is -0.0504. The van der Waals surface area contributed by atoms with Crippen LogP contribution in [0, 0.1) is 0 Å². The van der Waals surface area contributed by atoms with Crippen LogP contribution in [-0.4, -0.2) is 65.4 Å². The second-order valence-corrected chi connectivity index (χ2v) is 5.58. The predicted octanol–water partition coefficient (Wildman–Crippen LogP) is -2.43. The third kappa shape index (κ3) is 2.16. The van der Waals surface area contributed by atoms with Gasteiger partial charge in [-0.2, -0.15) is 4.98 Å². The zero-order valence-electron chi connectivity index (χ0n) is 11.8. The quantitative estimate of drug-likeness (QED) is 0.418. The third-order valence-corrected chi connectivity index (χ3v) is 3.91. The van der Waals surface area contributed by atoms with Crippen molar-refractivity contribution in [2.45, 2.75) is 37.4 Å². The van der Waals surface area contributed by atoms with Crippen LogP contribution in [0.1, 0.15) is 6.92 Å². The molecule has 0 saturated carbocycles. The van der Waals surface area contributed by atoms with Gasteiger partial charge in [-0.1, -0.05) is 0 Å². The second kappa shape index (κ2) is 5.02. The number of hydrogen-bond acceptors (Lipinski definition) is 8. The van der Waals surface area contributed by atoms with Gasteiger partial charge in [0.2, 0.25) is 5.95 Å². The van der Waals surface area contributed by atoms with Gasteiger partial charge in [0.25, 0.3) is 5.56 Å². The van der Waals surface area contributed by atoms with Crippen LogP contribution in [0.15, 0.2) is 11.1 Å². The van der Waals surface area contributed by atoms with Crippen molar-refractivity contribution in [1.82, 2.24) is 19.5 Å². The molecule has 2 aromatic rings. The van der Waals surface area contributed by atoms with Gasteiger partial charge in [-0.25, -0.2) is 4.98 Å². The molecule has 0 spiro atoms. The molecule has 1 unspecified atom stereocenters. The molecule has 1 saturated heterocycles. The van der Waals surface area contributed by atoms with E-state index in [2.05, 4.69) is 15.0 Å². The number of nitrogens with zero attached hydrogens (tertiary/aromatic N) is 3. The Morgan fingerprint density at radius 1 is 1.55 bits per heavy atom. The van der Waals surface area contributed by atoms with E-state index in [9.17, 15) is 15.0 Å².